The first-order valence-electron chi connectivity index (χ1n) is 13.1. The van der Waals surface area contributed by atoms with Crippen molar-refractivity contribution in [1.29, 1.82) is 0 Å². The largest absolute Gasteiger partial charge is 0.372 e. The van der Waals surface area contributed by atoms with Crippen molar-refractivity contribution in [2.75, 3.05) is 23.3 Å². The number of fused-ring (bicyclic) bond motifs is 2. The van der Waals surface area contributed by atoms with Gasteiger partial charge in [-0.2, -0.15) is 0 Å². The van der Waals surface area contributed by atoms with E-state index in [1.807, 2.05) is 55.5 Å². The van der Waals surface area contributed by atoms with Gasteiger partial charge in [-0.15, -0.1) is 0 Å². The molecule has 3 heterocycles. The topological polar surface area (TPSA) is 57.6 Å². The standard InChI is InChI=1S/C31H32N4O2/c1-20-28(26-12-6-7-13-27(26)33(20)3)29-24-10-4-5-11-25(24)31(37)35(29)21(2)30(36)32-22-14-16-23(17-15-22)34-18-8-9-19-34/h4-7,10-17,21,29H,8-9,18-19H2,1-3H3,(H,32,36). The fourth-order valence-electron chi connectivity index (χ4n) is 6.03. The number of carbonyl (C=O) groups excluding carboxylic acids is 2. The van der Waals surface area contributed by atoms with Crippen molar-refractivity contribution >= 4 is 34.1 Å². The van der Waals surface area contributed by atoms with E-state index in [1.54, 1.807) is 4.90 Å². The summed E-state index contributed by atoms with van der Waals surface area (Å²) in [5, 5.41) is 4.16. The molecule has 0 radical (unpaired) electrons. The zero-order chi connectivity index (χ0) is 25.7. The number of amides is 2. The molecule has 2 atom stereocenters. The Morgan fingerprint density at radius 3 is 2.38 bits per heavy atom. The number of para-hydroxylation sites is 1. The molecule has 1 fully saturated rings. The van der Waals surface area contributed by atoms with Gasteiger partial charge < -0.3 is 19.7 Å². The van der Waals surface area contributed by atoms with Gasteiger partial charge in [0.25, 0.3) is 5.91 Å². The molecule has 188 valence electrons. The predicted octanol–water partition coefficient (Wildman–Crippen LogP) is 5.66. The van der Waals surface area contributed by atoms with E-state index in [2.05, 4.69) is 53.0 Å². The Morgan fingerprint density at radius 2 is 1.62 bits per heavy atom. The SMILES string of the molecule is Cc1c(C2c3ccccc3C(=O)N2C(C)C(=O)Nc2ccc(N3CCCC3)cc2)c2ccccc2n1C. The molecule has 2 amide bonds. The molecule has 1 N–H and O–H groups in total. The van der Waals surface area contributed by atoms with Gasteiger partial charge in [0.15, 0.2) is 0 Å². The van der Waals surface area contributed by atoms with Crippen LogP contribution >= 0.6 is 0 Å². The molecule has 1 aromatic heterocycles. The number of rotatable bonds is 5. The Morgan fingerprint density at radius 1 is 0.946 bits per heavy atom. The van der Waals surface area contributed by atoms with E-state index in [0.29, 0.717) is 5.56 Å². The third kappa shape index (κ3) is 3.79. The fourth-order valence-corrected chi connectivity index (χ4v) is 6.03. The van der Waals surface area contributed by atoms with Gasteiger partial charge in [-0.1, -0.05) is 36.4 Å². The lowest BCUT2D eigenvalue weighted by atomic mass is 9.95. The van der Waals surface area contributed by atoms with Crippen molar-refractivity contribution in [1.82, 2.24) is 9.47 Å². The maximum atomic E-state index is 13.8. The van der Waals surface area contributed by atoms with E-state index in [-0.39, 0.29) is 17.9 Å². The summed E-state index contributed by atoms with van der Waals surface area (Å²) in [4.78, 5) is 31.4. The summed E-state index contributed by atoms with van der Waals surface area (Å²) >= 11 is 0. The fraction of sp³-hybridized carbons (Fsp3) is 0.290. The van der Waals surface area contributed by atoms with E-state index in [9.17, 15) is 9.59 Å². The first-order chi connectivity index (χ1) is 18.0. The van der Waals surface area contributed by atoms with Gasteiger partial charge in [-0.05, 0) is 68.7 Å². The summed E-state index contributed by atoms with van der Waals surface area (Å²) < 4.78 is 2.17. The van der Waals surface area contributed by atoms with Crippen molar-refractivity contribution < 1.29 is 9.59 Å². The highest BCUT2D eigenvalue weighted by Crippen LogP contribution is 2.44. The maximum absolute atomic E-state index is 13.8. The van der Waals surface area contributed by atoms with Gasteiger partial charge >= 0.3 is 0 Å². The van der Waals surface area contributed by atoms with Crippen LogP contribution in [0.4, 0.5) is 11.4 Å². The smallest absolute Gasteiger partial charge is 0.255 e. The van der Waals surface area contributed by atoms with Crippen molar-refractivity contribution in [2.24, 2.45) is 7.05 Å². The van der Waals surface area contributed by atoms with Crippen molar-refractivity contribution in [3.63, 3.8) is 0 Å². The van der Waals surface area contributed by atoms with Crippen molar-refractivity contribution in [3.8, 4) is 0 Å². The van der Waals surface area contributed by atoms with Crippen LogP contribution < -0.4 is 10.2 Å². The van der Waals surface area contributed by atoms with Crippen LogP contribution in [0.5, 0.6) is 0 Å². The quantitative estimate of drug-likeness (QED) is 0.391. The summed E-state index contributed by atoms with van der Waals surface area (Å²) in [6.45, 7) is 6.07. The summed E-state index contributed by atoms with van der Waals surface area (Å²) in [6, 6.07) is 23.0. The molecule has 2 aliphatic rings. The summed E-state index contributed by atoms with van der Waals surface area (Å²) in [5.74, 6) is -0.307. The molecule has 2 aliphatic heterocycles. The Hall–Kier alpha value is -4.06. The second-order valence-electron chi connectivity index (χ2n) is 10.2. The minimum absolute atomic E-state index is 0.111. The second kappa shape index (κ2) is 9.11. The lowest BCUT2D eigenvalue weighted by Crippen LogP contribution is -2.44. The third-order valence-electron chi connectivity index (χ3n) is 8.12. The summed E-state index contributed by atoms with van der Waals surface area (Å²) in [5.41, 5.74) is 6.80. The normalized spacial score (nSPS) is 17.9. The van der Waals surface area contributed by atoms with Crippen LogP contribution in [0.25, 0.3) is 10.9 Å². The monoisotopic (exact) mass is 492 g/mol. The Labute approximate surface area is 217 Å². The lowest BCUT2D eigenvalue weighted by Gasteiger charge is -2.31. The van der Waals surface area contributed by atoms with Crippen molar-refractivity contribution in [3.05, 3.63) is 95.2 Å². The first kappa shape index (κ1) is 23.3. The van der Waals surface area contributed by atoms with Gasteiger partial charge in [0.05, 0.1) is 6.04 Å². The summed E-state index contributed by atoms with van der Waals surface area (Å²) in [7, 11) is 2.05. The minimum Gasteiger partial charge on any atom is -0.372 e. The molecular formula is C31H32N4O2. The number of nitrogens with zero attached hydrogens (tertiary/aromatic N) is 3. The van der Waals surface area contributed by atoms with Crippen LogP contribution in [0.2, 0.25) is 0 Å². The molecule has 2 unspecified atom stereocenters. The molecule has 6 rings (SSSR count). The van der Waals surface area contributed by atoms with Gasteiger partial charge in [0.1, 0.15) is 6.04 Å². The van der Waals surface area contributed by atoms with Crippen LogP contribution in [-0.2, 0) is 11.8 Å². The van der Waals surface area contributed by atoms with E-state index in [0.717, 1.165) is 46.5 Å². The molecule has 6 nitrogen and oxygen atoms in total. The average molecular weight is 493 g/mol. The third-order valence-corrected chi connectivity index (χ3v) is 8.12. The molecular weight excluding hydrogens is 460 g/mol. The zero-order valence-corrected chi connectivity index (χ0v) is 21.6. The van der Waals surface area contributed by atoms with Crippen LogP contribution in [0, 0.1) is 6.92 Å². The van der Waals surface area contributed by atoms with Crippen LogP contribution in [0.3, 0.4) is 0 Å². The van der Waals surface area contributed by atoms with E-state index >= 15 is 0 Å². The maximum Gasteiger partial charge on any atom is 0.255 e. The number of nitrogens with one attached hydrogen (secondary N) is 1. The average Bonchev–Trinajstić information content (AvgIpc) is 3.62. The molecule has 0 bridgehead atoms. The summed E-state index contributed by atoms with van der Waals surface area (Å²) in [6.07, 6.45) is 2.44. The highest BCUT2D eigenvalue weighted by Gasteiger charge is 2.44. The molecule has 0 saturated carbocycles. The highest BCUT2D eigenvalue weighted by atomic mass is 16.2. The Balaban J connectivity index is 1.34. The van der Waals surface area contributed by atoms with Crippen LogP contribution in [0.1, 0.15) is 53.0 Å². The molecule has 6 heteroatoms. The Bertz CT molecular complexity index is 1500. The molecule has 0 aliphatic carbocycles. The van der Waals surface area contributed by atoms with E-state index < -0.39 is 6.04 Å². The molecule has 37 heavy (non-hydrogen) atoms. The minimum atomic E-state index is -0.665. The number of carbonyl (C=O) groups is 2. The number of benzene rings is 3. The zero-order valence-electron chi connectivity index (χ0n) is 21.6. The molecule has 1 saturated heterocycles. The van der Waals surface area contributed by atoms with Crippen LogP contribution in [-0.4, -0.2) is 40.4 Å². The Kier molecular flexibility index (Phi) is 5.75. The number of anilines is 2. The first-order valence-corrected chi connectivity index (χ1v) is 13.1. The van der Waals surface area contributed by atoms with Crippen molar-refractivity contribution in [2.45, 2.75) is 38.8 Å². The number of aryl methyl sites for hydroxylation is 1. The number of hydrogen-bond donors (Lipinski definition) is 1. The van der Waals surface area contributed by atoms with Gasteiger partial charge in [0, 0.05) is 59.2 Å². The van der Waals surface area contributed by atoms with Gasteiger partial charge in [-0.25, -0.2) is 0 Å². The predicted molar refractivity (Wildman–Crippen MR) is 148 cm³/mol. The van der Waals surface area contributed by atoms with Gasteiger partial charge in [0.2, 0.25) is 5.91 Å². The second-order valence-corrected chi connectivity index (χ2v) is 10.2. The lowest BCUT2D eigenvalue weighted by molar-refractivity contribution is -0.120. The molecule has 3 aromatic carbocycles. The van der Waals surface area contributed by atoms with Crippen LogP contribution in [0.15, 0.2) is 72.8 Å². The van der Waals surface area contributed by atoms with E-state index in [4.69, 9.17) is 0 Å². The number of hydrogen-bond acceptors (Lipinski definition) is 3. The van der Waals surface area contributed by atoms with E-state index in [1.165, 1.54) is 18.5 Å². The molecule has 0 spiro atoms. The number of aromatic nitrogens is 1. The van der Waals surface area contributed by atoms with Gasteiger partial charge in [-0.3, -0.25) is 9.59 Å². The molecule has 4 aromatic rings. The highest BCUT2D eigenvalue weighted by molar-refractivity contribution is 6.05.